The molecular weight excluding hydrogens is 398 g/mol. The Labute approximate surface area is 177 Å². The van der Waals surface area contributed by atoms with Crippen LogP contribution in [0.25, 0.3) is 10.8 Å². The van der Waals surface area contributed by atoms with Crippen LogP contribution < -0.4 is 4.74 Å². The summed E-state index contributed by atoms with van der Waals surface area (Å²) in [5.74, 6) is 0.590. The number of para-hydroxylation sites is 1. The highest BCUT2D eigenvalue weighted by Crippen LogP contribution is 2.25. The Morgan fingerprint density at radius 1 is 1.03 bits per heavy atom. The normalized spacial score (nSPS) is 17.7. The number of benzene rings is 3. The number of hydrogen-bond acceptors (Lipinski definition) is 4. The van der Waals surface area contributed by atoms with Gasteiger partial charge in [0.15, 0.2) is 16.4 Å². The lowest BCUT2D eigenvalue weighted by Crippen LogP contribution is -2.43. The number of sulfone groups is 1. The number of nitrogens with zero attached hydrogens (tertiary/aromatic N) is 1. The Bertz CT molecular complexity index is 1170. The van der Waals surface area contributed by atoms with E-state index in [0.717, 1.165) is 21.9 Å². The molecule has 0 unspecified atom stereocenters. The zero-order chi connectivity index (χ0) is 21.1. The quantitative estimate of drug-likeness (QED) is 0.606. The maximum absolute atomic E-state index is 13.2. The highest BCUT2D eigenvalue weighted by molar-refractivity contribution is 7.91. The van der Waals surface area contributed by atoms with Gasteiger partial charge in [-0.05, 0) is 41.3 Å². The number of aryl methyl sites for hydroxylation is 1. The Balaban J connectivity index is 1.59. The van der Waals surface area contributed by atoms with Gasteiger partial charge in [0.25, 0.3) is 5.91 Å². The standard InChI is InChI=1S/C24H25NO4S/c1-18-7-2-5-12-23(18)29-16-24(26)25(21-13-14-30(27,28)17-21)15-20-10-6-9-19-8-3-4-11-22(19)20/h2-12,21H,13-17H2,1H3/t21-/m1/s1. The van der Waals surface area contributed by atoms with Gasteiger partial charge in [-0.3, -0.25) is 4.79 Å². The van der Waals surface area contributed by atoms with Gasteiger partial charge in [-0.25, -0.2) is 8.42 Å². The van der Waals surface area contributed by atoms with Gasteiger partial charge in [0, 0.05) is 12.6 Å². The van der Waals surface area contributed by atoms with Crippen LogP contribution in [0.1, 0.15) is 17.5 Å². The van der Waals surface area contributed by atoms with E-state index in [1.807, 2.05) is 73.7 Å². The fraction of sp³-hybridized carbons (Fsp3) is 0.292. The van der Waals surface area contributed by atoms with Gasteiger partial charge in [0.2, 0.25) is 0 Å². The lowest BCUT2D eigenvalue weighted by atomic mass is 10.0. The van der Waals surface area contributed by atoms with Crippen LogP contribution in [0.4, 0.5) is 0 Å². The van der Waals surface area contributed by atoms with Gasteiger partial charge < -0.3 is 9.64 Å². The summed E-state index contributed by atoms with van der Waals surface area (Å²) in [5, 5.41) is 2.16. The molecule has 0 saturated carbocycles. The van der Waals surface area contributed by atoms with Gasteiger partial charge in [-0.1, -0.05) is 60.7 Å². The molecule has 1 amide bonds. The summed E-state index contributed by atoms with van der Waals surface area (Å²) in [5.41, 5.74) is 1.95. The Morgan fingerprint density at radius 3 is 2.53 bits per heavy atom. The fourth-order valence-electron chi connectivity index (χ4n) is 4.00. The predicted molar refractivity (Wildman–Crippen MR) is 118 cm³/mol. The van der Waals surface area contributed by atoms with E-state index >= 15 is 0 Å². The summed E-state index contributed by atoms with van der Waals surface area (Å²) in [4.78, 5) is 14.9. The molecule has 1 heterocycles. The molecule has 3 aromatic carbocycles. The average molecular weight is 424 g/mol. The molecule has 30 heavy (non-hydrogen) atoms. The van der Waals surface area contributed by atoms with Crippen molar-refractivity contribution in [2.75, 3.05) is 18.1 Å². The second-order valence-electron chi connectivity index (χ2n) is 7.77. The van der Waals surface area contributed by atoms with Crippen LogP contribution in [0.2, 0.25) is 0 Å². The number of fused-ring (bicyclic) bond motifs is 1. The second-order valence-corrected chi connectivity index (χ2v) is 10.00. The number of carbonyl (C=O) groups is 1. The minimum Gasteiger partial charge on any atom is -0.484 e. The largest absolute Gasteiger partial charge is 0.484 e. The minimum atomic E-state index is -3.12. The maximum Gasteiger partial charge on any atom is 0.261 e. The molecule has 0 aromatic heterocycles. The van der Waals surface area contributed by atoms with Gasteiger partial charge >= 0.3 is 0 Å². The summed E-state index contributed by atoms with van der Waals surface area (Å²) in [6, 6.07) is 21.2. The molecule has 3 aromatic rings. The molecule has 0 bridgehead atoms. The molecule has 0 aliphatic carbocycles. The smallest absolute Gasteiger partial charge is 0.261 e. The average Bonchev–Trinajstić information content (AvgIpc) is 3.10. The SMILES string of the molecule is Cc1ccccc1OCC(=O)N(Cc1cccc2ccccc12)[C@@H]1CCS(=O)(=O)C1. The third kappa shape index (κ3) is 4.49. The second kappa shape index (κ2) is 8.48. The summed E-state index contributed by atoms with van der Waals surface area (Å²) in [6.07, 6.45) is 0.462. The van der Waals surface area contributed by atoms with Crippen molar-refractivity contribution < 1.29 is 17.9 Å². The molecule has 1 aliphatic rings. The third-order valence-electron chi connectivity index (χ3n) is 5.63. The van der Waals surface area contributed by atoms with E-state index in [1.54, 1.807) is 4.90 Å². The molecule has 1 aliphatic heterocycles. The fourth-order valence-corrected chi connectivity index (χ4v) is 5.73. The van der Waals surface area contributed by atoms with Crippen molar-refractivity contribution in [1.29, 1.82) is 0 Å². The first-order chi connectivity index (χ1) is 14.4. The number of rotatable bonds is 6. The van der Waals surface area contributed by atoms with Gasteiger partial charge in [0.05, 0.1) is 11.5 Å². The van der Waals surface area contributed by atoms with Crippen molar-refractivity contribution in [1.82, 2.24) is 4.90 Å². The Kier molecular flexibility index (Phi) is 5.77. The van der Waals surface area contributed by atoms with Crippen molar-refractivity contribution in [2.24, 2.45) is 0 Å². The van der Waals surface area contributed by atoms with Crippen LogP contribution in [-0.4, -0.2) is 43.4 Å². The van der Waals surface area contributed by atoms with Crippen LogP contribution >= 0.6 is 0 Å². The first-order valence-corrected chi connectivity index (χ1v) is 11.9. The van der Waals surface area contributed by atoms with Gasteiger partial charge in [-0.2, -0.15) is 0 Å². The summed E-state index contributed by atoms with van der Waals surface area (Å²) in [6.45, 7) is 2.17. The van der Waals surface area contributed by atoms with E-state index in [2.05, 4.69) is 0 Å². The van der Waals surface area contributed by atoms with Crippen LogP contribution in [0, 0.1) is 6.92 Å². The van der Waals surface area contributed by atoms with E-state index in [-0.39, 0.29) is 30.1 Å². The lowest BCUT2D eigenvalue weighted by molar-refractivity contribution is -0.136. The van der Waals surface area contributed by atoms with E-state index in [0.29, 0.717) is 18.7 Å². The van der Waals surface area contributed by atoms with Crippen molar-refractivity contribution >= 4 is 26.5 Å². The molecule has 0 N–H and O–H groups in total. The molecule has 1 saturated heterocycles. The van der Waals surface area contributed by atoms with Crippen LogP contribution in [-0.2, 0) is 21.2 Å². The van der Waals surface area contributed by atoms with Crippen LogP contribution in [0.5, 0.6) is 5.75 Å². The van der Waals surface area contributed by atoms with Gasteiger partial charge in [0.1, 0.15) is 5.75 Å². The van der Waals surface area contributed by atoms with Crippen molar-refractivity contribution in [3.63, 3.8) is 0 Å². The molecule has 5 nitrogen and oxygen atoms in total. The van der Waals surface area contributed by atoms with Crippen LogP contribution in [0.3, 0.4) is 0 Å². The minimum absolute atomic E-state index is 0.00781. The molecule has 1 fully saturated rings. The van der Waals surface area contributed by atoms with E-state index in [9.17, 15) is 13.2 Å². The lowest BCUT2D eigenvalue weighted by Gasteiger charge is -2.29. The number of amides is 1. The number of carbonyl (C=O) groups excluding carboxylic acids is 1. The predicted octanol–water partition coefficient (Wildman–Crippen LogP) is 3.74. The van der Waals surface area contributed by atoms with Gasteiger partial charge in [-0.15, -0.1) is 0 Å². The van der Waals surface area contributed by atoms with E-state index in [1.165, 1.54) is 0 Å². The maximum atomic E-state index is 13.2. The molecule has 156 valence electrons. The van der Waals surface area contributed by atoms with E-state index < -0.39 is 9.84 Å². The highest BCUT2D eigenvalue weighted by Gasteiger charge is 2.35. The summed E-state index contributed by atoms with van der Waals surface area (Å²) < 4.78 is 30.0. The monoisotopic (exact) mass is 423 g/mol. The number of hydrogen-bond donors (Lipinski definition) is 0. The molecule has 6 heteroatoms. The van der Waals surface area contributed by atoms with Crippen molar-refractivity contribution in [3.8, 4) is 5.75 Å². The summed E-state index contributed by atoms with van der Waals surface area (Å²) >= 11 is 0. The summed E-state index contributed by atoms with van der Waals surface area (Å²) in [7, 11) is -3.12. The van der Waals surface area contributed by atoms with E-state index in [4.69, 9.17) is 4.74 Å². The molecule has 1 atom stereocenters. The highest BCUT2D eigenvalue weighted by atomic mass is 32.2. The first kappa shape index (κ1) is 20.4. The zero-order valence-corrected chi connectivity index (χ0v) is 17.8. The van der Waals surface area contributed by atoms with Crippen molar-refractivity contribution in [2.45, 2.75) is 25.9 Å². The molecular formula is C24H25NO4S. The first-order valence-electron chi connectivity index (χ1n) is 10.1. The van der Waals surface area contributed by atoms with Crippen molar-refractivity contribution in [3.05, 3.63) is 77.9 Å². The topological polar surface area (TPSA) is 63.7 Å². The third-order valence-corrected chi connectivity index (χ3v) is 7.39. The Morgan fingerprint density at radius 2 is 1.77 bits per heavy atom. The Hall–Kier alpha value is -2.86. The van der Waals surface area contributed by atoms with Crippen LogP contribution in [0.15, 0.2) is 66.7 Å². The number of ether oxygens (including phenoxy) is 1. The molecule has 4 rings (SSSR count). The molecule has 0 spiro atoms. The zero-order valence-electron chi connectivity index (χ0n) is 17.0. The molecule has 0 radical (unpaired) electrons.